The summed E-state index contributed by atoms with van der Waals surface area (Å²) in [6.45, 7) is 5.50. The molecule has 31 heavy (non-hydrogen) atoms. The van der Waals surface area contributed by atoms with Crippen molar-refractivity contribution < 1.29 is 14.3 Å². The monoisotopic (exact) mass is 445 g/mol. The van der Waals surface area contributed by atoms with E-state index >= 15 is 0 Å². The van der Waals surface area contributed by atoms with Gasteiger partial charge in [0.05, 0.1) is 18.9 Å². The Morgan fingerprint density at radius 3 is 2.71 bits per heavy atom. The number of piperazine rings is 1. The fourth-order valence-electron chi connectivity index (χ4n) is 3.41. The Hall–Kier alpha value is -2.66. The van der Waals surface area contributed by atoms with Crippen LogP contribution < -0.4 is 10.1 Å². The van der Waals surface area contributed by atoms with E-state index in [2.05, 4.69) is 25.7 Å². The van der Waals surface area contributed by atoms with Gasteiger partial charge >= 0.3 is 0 Å². The molecule has 166 valence electrons. The Labute approximate surface area is 185 Å². The van der Waals surface area contributed by atoms with Crippen molar-refractivity contribution in [3.63, 3.8) is 0 Å². The van der Waals surface area contributed by atoms with Crippen LogP contribution >= 0.6 is 11.8 Å². The number of tetrazole rings is 1. The largest absolute Gasteiger partial charge is 0.492 e. The Kier molecular flexibility index (Phi) is 7.03. The smallest absolute Gasteiger partial charge is 0.234 e. The zero-order valence-electron chi connectivity index (χ0n) is 17.6. The molecule has 1 aliphatic carbocycles. The van der Waals surface area contributed by atoms with Crippen LogP contribution in [0.25, 0.3) is 5.69 Å². The second-order valence-corrected chi connectivity index (χ2v) is 8.50. The van der Waals surface area contributed by atoms with Gasteiger partial charge in [-0.1, -0.05) is 23.9 Å². The van der Waals surface area contributed by atoms with E-state index in [1.807, 2.05) is 36.1 Å². The van der Waals surface area contributed by atoms with Gasteiger partial charge in [0, 0.05) is 32.2 Å². The number of benzene rings is 1. The molecule has 1 N–H and O–H groups in total. The van der Waals surface area contributed by atoms with Gasteiger partial charge in [-0.15, -0.1) is 5.10 Å². The Bertz CT molecular complexity index is 910. The minimum Gasteiger partial charge on any atom is -0.492 e. The van der Waals surface area contributed by atoms with E-state index in [9.17, 15) is 9.59 Å². The zero-order valence-corrected chi connectivity index (χ0v) is 18.4. The van der Waals surface area contributed by atoms with Gasteiger partial charge in [0.1, 0.15) is 11.4 Å². The van der Waals surface area contributed by atoms with E-state index in [-0.39, 0.29) is 17.6 Å². The van der Waals surface area contributed by atoms with Gasteiger partial charge in [-0.2, -0.15) is 4.68 Å². The molecule has 0 spiro atoms. The quantitative estimate of drug-likeness (QED) is 0.559. The number of carbonyl (C=O) groups is 2. The molecule has 11 heteroatoms. The van der Waals surface area contributed by atoms with Crippen molar-refractivity contribution >= 4 is 23.6 Å². The van der Waals surface area contributed by atoms with Crippen LogP contribution in [0.5, 0.6) is 5.75 Å². The molecule has 0 atom stereocenters. The van der Waals surface area contributed by atoms with E-state index in [1.54, 1.807) is 4.68 Å². The van der Waals surface area contributed by atoms with Gasteiger partial charge in [0.25, 0.3) is 0 Å². The van der Waals surface area contributed by atoms with Crippen LogP contribution in [0, 0.1) is 0 Å². The molecule has 1 aromatic carbocycles. The molecule has 1 aliphatic heterocycles. The van der Waals surface area contributed by atoms with Crippen LogP contribution in [0.2, 0.25) is 0 Å². The van der Waals surface area contributed by atoms with Crippen molar-refractivity contribution in [2.75, 3.05) is 45.1 Å². The lowest BCUT2D eigenvalue weighted by molar-refractivity contribution is -0.130. The first-order valence-corrected chi connectivity index (χ1v) is 11.6. The number of para-hydroxylation sites is 2. The number of hydrogen-bond donors (Lipinski definition) is 1. The molecule has 1 saturated carbocycles. The molecule has 0 radical (unpaired) electrons. The summed E-state index contributed by atoms with van der Waals surface area (Å²) < 4.78 is 7.26. The molecule has 2 heterocycles. The molecule has 2 amide bonds. The molecule has 4 rings (SSSR count). The number of nitrogens with one attached hydrogen (secondary N) is 1. The molecule has 0 bridgehead atoms. The summed E-state index contributed by atoms with van der Waals surface area (Å²) in [6, 6.07) is 7.91. The molecule has 1 saturated heterocycles. The molecule has 2 fully saturated rings. The summed E-state index contributed by atoms with van der Waals surface area (Å²) in [5.74, 6) is 1.06. The SMILES string of the molecule is CCOc1ccccc1-n1nnnc1SCC(=O)N1CCN(CC(=O)NC2CC2)CC1. The minimum absolute atomic E-state index is 0.0414. The topological polar surface area (TPSA) is 105 Å². The minimum atomic E-state index is 0.0414. The Morgan fingerprint density at radius 2 is 1.97 bits per heavy atom. The highest BCUT2D eigenvalue weighted by atomic mass is 32.2. The summed E-state index contributed by atoms with van der Waals surface area (Å²) in [7, 11) is 0. The number of nitrogens with zero attached hydrogens (tertiary/aromatic N) is 6. The third-order valence-electron chi connectivity index (χ3n) is 5.19. The first-order valence-electron chi connectivity index (χ1n) is 10.6. The Balaban J connectivity index is 1.27. The van der Waals surface area contributed by atoms with Crippen molar-refractivity contribution in [2.45, 2.75) is 31.0 Å². The molecule has 2 aromatic rings. The Morgan fingerprint density at radius 1 is 1.19 bits per heavy atom. The fraction of sp³-hybridized carbons (Fsp3) is 0.550. The number of hydrogen-bond acceptors (Lipinski definition) is 8. The zero-order chi connectivity index (χ0) is 21.6. The van der Waals surface area contributed by atoms with E-state index in [0.717, 1.165) is 18.5 Å². The van der Waals surface area contributed by atoms with Gasteiger partial charge in [-0.25, -0.2) is 0 Å². The van der Waals surface area contributed by atoms with Crippen molar-refractivity contribution in [1.29, 1.82) is 0 Å². The van der Waals surface area contributed by atoms with Crippen molar-refractivity contribution in [2.24, 2.45) is 0 Å². The number of rotatable bonds is 9. The van der Waals surface area contributed by atoms with Gasteiger partial charge in [0.2, 0.25) is 17.0 Å². The van der Waals surface area contributed by atoms with Crippen LogP contribution in [0.15, 0.2) is 29.4 Å². The van der Waals surface area contributed by atoms with Gasteiger partial charge in [-0.05, 0) is 42.3 Å². The van der Waals surface area contributed by atoms with E-state index in [1.165, 1.54) is 11.8 Å². The molecule has 0 unspecified atom stereocenters. The van der Waals surface area contributed by atoms with Crippen LogP contribution in [0.1, 0.15) is 19.8 Å². The molecule has 10 nitrogen and oxygen atoms in total. The van der Waals surface area contributed by atoms with Crippen LogP contribution in [-0.2, 0) is 9.59 Å². The van der Waals surface area contributed by atoms with Crippen molar-refractivity contribution in [1.82, 2.24) is 35.3 Å². The summed E-state index contributed by atoms with van der Waals surface area (Å²) in [6.07, 6.45) is 2.18. The van der Waals surface area contributed by atoms with Crippen molar-refractivity contribution in [3.05, 3.63) is 24.3 Å². The van der Waals surface area contributed by atoms with E-state index in [4.69, 9.17) is 4.74 Å². The standard InChI is InChI=1S/C20H27N7O3S/c1-2-30-17-6-4-3-5-16(17)27-20(22-23-24-27)31-14-19(29)26-11-9-25(10-12-26)13-18(28)21-15-7-8-15/h3-6,15H,2,7-14H2,1H3,(H,21,28). The van der Waals surface area contributed by atoms with E-state index < -0.39 is 0 Å². The maximum absolute atomic E-state index is 12.7. The highest BCUT2D eigenvalue weighted by Crippen LogP contribution is 2.26. The number of aromatic nitrogens is 4. The third kappa shape index (κ3) is 5.73. The molecular formula is C20H27N7O3S. The lowest BCUT2D eigenvalue weighted by Crippen LogP contribution is -2.51. The highest BCUT2D eigenvalue weighted by molar-refractivity contribution is 7.99. The second kappa shape index (κ2) is 10.1. The average molecular weight is 446 g/mol. The maximum Gasteiger partial charge on any atom is 0.234 e. The van der Waals surface area contributed by atoms with Crippen LogP contribution in [0.3, 0.4) is 0 Å². The lowest BCUT2D eigenvalue weighted by atomic mass is 10.3. The van der Waals surface area contributed by atoms with E-state index in [0.29, 0.717) is 56.3 Å². The predicted octanol–water partition coefficient (Wildman–Crippen LogP) is 0.576. The normalized spacial score (nSPS) is 16.9. The number of amides is 2. The van der Waals surface area contributed by atoms with Crippen LogP contribution in [-0.4, -0.2) is 92.9 Å². The van der Waals surface area contributed by atoms with Gasteiger partial charge < -0.3 is 15.0 Å². The number of ether oxygens (including phenoxy) is 1. The third-order valence-corrected chi connectivity index (χ3v) is 6.10. The predicted molar refractivity (Wildman–Crippen MR) is 115 cm³/mol. The van der Waals surface area contributed by atoms with Gasteiger partial charge in [-0.3, -0.25) is 14.5 Å². The number of thioether (sulfide) groups is 1. The fourth-order valence-corrected chi connectivity index (χ4v) is 4.19. The van der Waals surface area contributed by atoms with Crippen molar-refractivity contribution in [3.8, 4) is 11.4 Å². The summed E-state index contributed by atoms with van der Waals surface area (Å²) >= 11 is 1.30. The average Bonchev–Trinajstić information content (AvgIpc) is 3.46. The molecule has 2 aliphatic rings. The maximum atomic E-state index is 12.7. The molecule has 1 aromatic heterocycles. The van der Waals surface area contributed by atoms with Gasteiger partial charge in [0.15, 0.2) is 0 Å². The second-order valence-electron chi connectivity index (χ2n) is 7.56. The number of carbonyl (C=O) groups excluding carboxylic acids is 2. The summed E-state index contributed by atoms with van der Waals surface area (Å²) in [4.78, 5) is 28.6. The first-order chi connectivity index (χ1) is 15.1. The highest BCUT2D eigenvalue weighted by Gasteiger charge is 2.26. The lowest BCUT2D eigenvalue weighted by Gasteiger charge is -2.34. The summed E-state index contributed by atoms with van der Waals surface area (Å²) in [5.41, 5.74) is 0.738. The first kappa shape index (κ1) is 21.6. The molecular weight excluding hydrogens is 418 g/mol. The van der Waals surface area contributed by atoms with Crippen LogP contribution in [0.4, 0.5) is 0 Å². The summed E-state index contributed by atoms with van der Waals surface area (Å²) in [5, 5.41) is 15.5.